The summed E-state index contributed by atoms with van der Waals surface area (Å²) in [6.45, 7) is 1.78. The molecule has 32 heavy (non-hydrogen) atoms. The van der Waals surface area contributed by atoms with Crippen molar-refractivity contribution in [1.82, 2.24) is 10.2 Å². The van der Waals surface area contributed by atoms with Gasteiger partial charge in [0, 0.05) is 21.7 Å². The molecule has 2 heterocycles. The van der Waals surface area contributed by atoms with Crippen molar-refractivity contribution < 1.29 is 23.9 Å². The van der Waals surface area contributed by atoms with Gasteiger partial charge < -0.3 is 14.8 Å². The molecule has 1 fully saturated rings. The lowest BCUT2D eigenvalue weighted by Crippen LogP contribution is -2.30. The molecular weight excluding hydrogens is 455 g/mol. The minimum Gasteiger partial charge on any atom is -0.478 e. The van der Waals surface area contributed by atoms with Crippen molar-refractivity contribution in [3.05, 3.63) is 86.7 Å². The first-order chi connectivity index (χ1) is 15.2. The van der Waals surface area contributed by atoms with E-state index in [1.807, 2.05) is 0 Å². The molecule has 162 valence electrons. The summed E-state index contributed by atoms with van der Waals surface area (Å²) in [4.78, 5) is 37.2. The van der Waals surface area contributed by atoms with Gasteiger partial charge in [-0.25, -0.2) is 9.59 Å². The van der Waals surface area contributed by atoms with E-state index in [-0.39, 0.29) is 17.8 Å². The predicted octanol–water partition coefficient (Wildman–Crippen LogP) is 5.35. The highest BCUT2D eigenvalue weighted by molar-refractivity contribution is 6.35. The number of carboxylic acids is 1. The smallest absolute Gasteiger partial charge is 0.335 e. The van der Waals surface area contributed by atoms with Gasteiger partial charge in [0.1, 0.15) is 17.2 Å². The van der Waals surface area contributed by atoms with Crippen molar-refractivity contribution in [2.45, 2.75) is 13.5 Å². The maximum absolute atomic E-state index is 12.7. The predicted molar refractivity (Wildman–Crippen MR) is 119 cm³/mol. The van der Waals surface area contributed by atoms with Crippen molar-refractivity contribution in [2.24, 2.45) is 0 Å². The normalized spacial score (nSPS) is 14.8. The number of nitrogens with one attached hydrogen (secondary N) is 1. The van der Waals surface area contributed by atoms with Crippen molar-refractivity contribution in [1.29, 1.82) is 0 Å². The topological polar surface area (TPSA) is 99.9 Å². The Bertz CT molecular complexity index is 1300. The number of amides is 3. The molecule has 4 rings (SSSR count). The van der Waals surface area contributed by atoms with Gasteiger partial charge in [-0.2, -0.15) is 0 Å². The average Bonchev–Trinajstić information content (AvgIpc) is 3.29. The lowest BCUT2D eigenvalue weighted by Gasteiger charge is -2.13. The summed E-state index contributed by atoms with van der Waals surface area (Å²) in [5.41, 5.74) is 2.29. The van der Waals surface area contributed by atoms with Crippen LogP contribution in [0.4, 0.5) is 4.79 Å². The first-order valence-corrected chi connectivity index (χ1v) is 10.2. The zero-order valence-corrected chi connectivity index (χ0v) is 18.2. The van der Waals surface area contributed by atoms with Crippen LogP contribution in [0.15, 0.2) is 58.6 Å². The summed E-state index contributed by atoms with van der Waals surface area (Å²) in [5, 5.41) is 12.5. The molecule has 1 aliphatic heterocycles. The van der Waals surface area contributed by atoms with Gasteiger partial charge in [0.2, 0.25) is 0 Å². The average molecular weight is 471 g/mol. The number of nitrogens with zero attached hydrogens (tertiary/aromatic N) is 1. The number of hydrogen-bond acceptors (Lipinski definition) is 4. The number of halogens is 2. The summed E-state index contributed by atoms with van der Waals surface area (Å²) in [5.74, 6) is -0.657. The molecule has 0 bridgehead atoms. The Morgan fingerprint density at radius 3 is 2.59 bits per heavy atom. The van der Waals surface area contributed by atoms with Gasteiger partial charge in [0.15, 0.2) is 0 Å². The van der Waals surface area contributed by atoms with Crippen LogP contribution in [0, 0.1) is 6.92 Å². The van der Waals surface area contributed by atoms with E-state index in [1.165, 1.54) is 12.1 Å². The van der Waals surface area contributed by atoms with E-state index in [0.717, 1.165) is 16.0 Å². The fraction of sp³-hybridized carbons (Fsp3) is 0.0870. The van der Waals surface area contributed by atoms with Gasteiger partial charge >= 0.3 is 12.0 Å². The van der Waals surface area contributed by atoms with Crippen molar-refractivity contribution in [2.75, 3.05) is 0 Å². The molecule has 0 radical (unpaired) electrons. The van der Waals surface area contributed by atoms with Crippen LogP contribution < -0.4 is 5.32 Å². The highest BCUT2D eigenvalue weighted by Crippen LogP contribution is 2.28. The van der Waals surface area contributed by atoms with Crippen molar-refractivity contribution >= 4 is 47.2 Å². The Morgan fingerprint density at radius 1 is 1.12 bits per heavy atom. The Kier molecular flexibility index (Phi) is 5.78. The number of carbonyl (C=O) groups excluding carboxylic acids is 2. The molecule has 0 unspecified atom stereocenters. The Balaban J connectivity index is 1.55. The number of aromatic carboxylic acids is 1. The number of carboxylic acid groups (broad SMARTS) is 1. The largest absolute Gasteiger partial charge is 0.478 e. The lowest BCUT2D eigenvalue weighted by molar-refractivity contribution is -0.123. The number of aryl methyl sites for hydroxylation is 1. The maximum atomic E-state index is 12.7. The fourth-order valence-corrected chi connectivity index (χ4v) is 3.79. The van der Waals surface area contributed by atoms with Crippen LogP contribution in [-0.4, -0.2) is 27.9 Å². The zero-order chi connectivity index (χ0) is 23.0. The highest BCUT2D eigenvalue weighted by atomic mass is 35.5. The quantitative estimate of drug-likeness (QED) is 0.386. The van der Waals surface area contributed by atoms with Crippen LogP contribution in [0.25, 0.3) is 17.4 Å². The third-order valence-corrected chi connectivity index (χ3v) is 5.55. The first-order valence-electron chi connectivity index (χ1n) is 9.45. The van der Waals surface area contributed by atoms with E-state index in [9.17, 15) is 14.4 Å². The van der Waals surface area contributed by atoms with E-state index >= 15 is 0 Å². The molecular formula is C23H16Cl2N2O5. The molecule has 1 saturated heterocycles. The van der Waals surface area contributed by atoms with Crippen LogP contribution >= 0.6 is 23.2 Å². The summed E-state index contributed by atoms with van der Waals surface area (Å²) in [6.07, 6.45) is 1.44. The monoisotopic (exact) mass is 470 g/mol. The molecule has 3 aromatic rings. The zero-order valence-electron chi connectivity index (χ0n) is 16.7. The van der Waals surface area contributed by atoms with Crippen LogP contribution in [-0.2, 0) is 11.3 Å². The molecule has 2 aromatic carbocycles. The number of carbonyl (C=O) groups is 3. The number of urea groups is 1. The Hall–Kier alpha value is -3.55. The van der Waals surface area contributed by atoms with Gasteiger partial charge in [0.05, 0.1) is 12.1 Å². The van der Waals surface area contributed by atoms with Gasteiger partial charge in [-0.15, -0.1) is 0 Å². The van der Waals surface area contributed by atoms with Gasteiger partial charge in [-0.1, -0.05) is 35.3 Å². The minimum absolute atomic E-state index is 0.00344. The molecule has 1 aromatic heterocycles. The molecule has 9 heteroatoms. The summed E-state index contributed by atoms with van der Waals surface area (Å²) in [6, 6.07) is 12.3. The molecule has 0 saturated carbocycles. The second-order valence-corrected chi connectivity index (χ2v) is 8.00. The van der Waals surface area contributed by atoms with E-state index in [2.05, 4.69) is 5.32 Å². The van der Waals surface area contributed by atoms with Crippen LogP contribution in [0.2, 0.25) is 10.0 Å². The van der Waals surface area contributed by atoms with Crippen molar-refractivity contribution in [3.8, 4) is 11.3 Å². The molecule has 2 N–H and O–H groups in total. The standard InChI is InChI=1S/C23H16Cl2N2O5/c1-12-8-13(22(29)30)3-6-17(12)20-7-5-16(32-20)10-19-21(28)27(23(31)26-19)11-14-2-4-15(24)9-18(14)25/h2-10H,11H2,1H3,(H,26,31)(H,29,30)/b19-10-. The molecule has 1 aliphatic rings. The molecule has 0 atom stereocenters. The number of rotatable bonds is 5. The molecule has 3 amide bonds. The summed E-state index contributed by atoms with van der Waals surface area (Å²) in [7, 11) is 0. The van der Waals surface area contributed by atoms with E-state index in [0.29, 0.717) is 27.1 Å². The van der Waals surface area contributed by atoms with E-state index < -0.39 is 17.9 Å². The highest BCUT2D eigenvalue weighted by Gasteiger charge is 2.34. The third-order valence-electron chi connectivity index (χ3n) is 4.96. The maximum Gasteiger partial charge on any atom is 0.335 e. The first kappa shape index (κ1) is 21.7. The lowest BCUT2D eigenvalue weighted by atomic mass is 10.0. The number of benzene rings is 2. The second-order valence-electron chi connectivity index (χ2n) is 7.15. The molecule has 0 spiro atoms. The third kappa shape index (κ3) is 4.26. The minimum atomic E-state index is -1.01. The van der Waals surface area contributed by atoms with Crippen LogP contribution in [0.5, 0.6) is 0 Å². The molecule has 0 aliphatic carbocycles. The van der Waals surface area contributed by atoms with Gasteiger partial charge in [-0.3, -0.25) is 9.69 Å². The Morgan fingerprint density at radius 2 is 1.91 bits per heavy atom. The number of imide groups is 1. The van der Waals surface area contributed by atoms with Gasteiger partial charge in [0.25, 0.3) is 5.91 Å². The van der Waals surface area contributed by atoms with Crippen LogP contribution in [0.3, 0.4) is 0 Å². The summed E-state index contributed by atoms with van der Waals surface area (Å²) >= 11 is 12.0. The number of furan rings is 1. The fourth-order valence-electron chi connectivity index (χ4n) is 3.33. The number of hydrogen-bond donors (Lipinski definition) is 2. The second kappa shape index (κ2) is 8.53. The summed E-state index contributed by atoms with van der Waals surface area (Å²) < 4.78 is 5.80. The van der Waals surface area contributed by atoms with Gasteiger partial charge in [-0.05, 0) is 54.4 Å². The van der Waals surface area contributed by atoms with E-state index in [1.54, 1.807) is 49.4 Å². The van der Waals surface area contributed by atoms with Crippen LogP contribution in [0.1, 0.15) is 27.2 Å². The molecule has 7 nitrogen and oxygen atoms in total. The Labute approximate surface area is 192 Å². The van der Waals surface area contributed by atoms with E-state index in [4.69, 9.17) is 32.7 Å². The SMILES string of the molecule is Cc1cc(C(=O)O)ccc1-c1ccc(/C=C2\NC(=O)N(Cc3ccc(Cl)cc3Cl)C2=O)o1. The van der Waals surface area contributed by atoms with Crippen molar-refractivity contribution in [3.63, 3.8) is 0 Å².